The highest BCUT2D eigenvalue weighted by Crippen LogP contribution is 2.28. The number of hydrogen-bond acceptors (Lipinski definition) is 4. The zero-order valence-corrected chi connectivity index (χ0v) is 27.2. The molecule has 7 nitrogen and oxygen atoms in total. The van der Waals surface area contributed by atoms with Crippen LogP contribution in [0.1, 0.15) is 49.8 Å². The third kappa shape index (κ3) is 8.40. The fourth-order valence-corrected chi connectivity index (χ4v) is 6.26. The lowest BCUT2D eigenvalue weighted by molar-refractivity contribution is -0.140. The smallest absolute Gasteiger partial charge is 0.264 e. The predicted octanol–water partition coefficient (Wildman–Crippen LogP) is 7.18. The van der Waals surface area contributed by atoms with E-state index in [1.54, 1.807) is 30.3 Å². The minimum absolute atomic E-state index is 0.0155. The molecule has 0 aliphatic carbocycles. The molecule has 42 heavy (non-hydrogen) atoms. The standard InChI is InChI=1S/C31H36Cl3N3O4S/c1-5-7-16-35-31(39)29(6-2)36(19-23-9-15-27(33)28(34)18-23)30(38)20-37(25-12-8-21(3)22(4)17-25)42(40,41)26-13-10-24(32)11-14-26/h8-15,17-18,29H,5-7,16,19-20H2,1-4H3,(H,35,39)/t29-/m1/s1. The van der Waals surface area contributed by atoms with Gasteiger partial charge in [0.1, 0.15) is 12.6 Å². The van der Waals surface area contributed by atoms with Crippen molar-refractivity contribution in [2.45, 2.75) is 64.4 Å². The van der Waals surface area contributed by atoms with Gasteiger partial charge >= 0.3 is 0 Å². The van der Waals surface area contributed by atoms with Crippen molar-refractivity contribution in [3.63, 3.8) is 0 Å². The topological polar surface area (TPSA) is 86.8 Å². The molecule has 0 radical (unpaired) electrons. The SMILES string of the molecule is CCCCNC(=O)[C@@H](CC)N(Cc1ccc(Cl)c(Cl)c1)C(=O)CN(c1ccc(C)c(C)c1)S(=O)(=O)c1ccc(Cl)cc1. The van der Waals surface area contributed by atoms with Gasteiger partial charge in [-0.1, -0.05) is 67.2 Å². The molecule has 0 aromatic heterocycles. The van der Waals surface area contributed by atoms with Gasteiger partial charge in [0.2, 0.25) is 11.8 Å². The molecule has 1 N–H and O–H groups in total. The van der Waals surface area contributed by atoms with Crippen molar-refractivity contribution >= 4 is 62.3 Å². The first kappa shape index (κ1) is 33.7. The van der Waals surface area contributed by atoms with Crippen LogP contribution < -0.4 is 9.62 Å². The third-order valence-electron chi connectivity index (χ3n) is 7.01. The number of halogens is 3. The van der Waals surface area contributed by atoms with Crippen LogP contribution in [0.2, 0.25) is 15.1 Å². The molecule has 0 aliphatic rings. The van der Waals surface area contributed by atoms with Crippen LogP contribution in [0.4, 0.5) is 5.69 Å². The summed E-state index contributed by atoms with van der Waals surface area (Å²) in [7, 11) is -4.20. The Morgan fingerprint density at radius 1 is 0.881 bits per heavy atom. The monoisotopic (exact) mass is 651 g/mol. The Hall–Kier alpha value is -2.78. The van der Waals surface area contributed by atoms with Crippen LogP contribution in [-0.2, 0) is 26.2 Å². The highest BCUT2D eigenvalue weighted by atomic mass is 35.5. The van der Waals surface area contributed by atoms with Crippen molar-refractivity contribution < 1.29 is 18.0 Å². The summed E-state index contributed by atoms with van der Waals surface area (Å²) in [6.45, 7) is 7.59. The van der Waals surface area contributed by atoms with Crippen LogP contribution in [0.25, 0.3) is 0 Å². The molecule has 0 bridgehead atoms. The molecule has 3 aromatic rings. The van der Waals surface area contributed by atoms with Crippen LogP contribution in [-0.4, -0.2) is 44.3 Å². The maximum absolute atomic E-state index is 14.2. The van der Waals surface area contributed by atoms with Crippen molar-refractivity contribution in [1.82, 2.24) is 10.2 Å². The molecule has 0 aliphatic heterocycles. The number of carbonyl (C=O) groups excluding carboxylic acids is 2. The Morgan fingerprint density at radius 2 is 1.57 bits per heavy atom. The number of sulfonamides is 1. The molecule has 0 unspecified atom stereocenters. The maximum atomic E-state index is 14.2. The van der Waals surface area contributed by atoms with E-state index in [0.29, 0.717) is 39.3 Å². The summed E-state index contributed by atoms with van der Waals surface area (Å²) in [6, 6.07) is 15.1. The average Bonchev–Trinajstić information content (AvgIpc) is 2.95. The van der Waals surface area contributed by atoms with E-state index in [-0.39, 0.29) is 17.3 Å². The Balaban J connectivity index is 2.07. The summed E-state index contributed by atoms with van der Waals surface area (Å²) >= 11 is 18.4. The summed E-state index contributed by atoms with van der Waals surface area (Å²) in [5, 5.41) is 3.96. The van der Waals surface area contributed by atoms with Gasteiger partial charge in [-0.25, -0.2) is 8.42 Å². The van der Waals surface area contributed by atoms with Gasteiger partial charge in [0.15, 0.2) is 0 Å². The number of unbranched alkanes of at least 4 members (excludes halogenated alkanes) is 1. The fraction of sp³-hybridized carbons (Fsp3) is 0.355. The summed E-state index contributed by atoms with van der Waals surface area (Å²) in [5.74, 6) is -0.855. The van der Waals surface area contributed by atoms with Gasteiger partial charge in [0.25, 0.3) is 10.0 Å². The van der Waals surface area contributed by atoms with E-state index in [1.807, 2.05) is 33.8 Å². The highest BCUT2D eigenvalue weighted by molar-refractivity contribution is 7.92. The van der Waals surface area contributed by atoms with Crippen molar-refractivity contribution in [2.24, 2.45) is 0 Å². The van der Waals surface area contributed by atoms with Crippen LogP contribution in [0.5, 0.6) is 0 Å². The molecule has 3 aromatic carbocycles. The molecule has 1 atom stereocenters. The predicted molar refractivity (Wildman–Crippen MR) is 171 cm³/mol. The van der Waals surface area contributed by atoms with E-state index in [4.69, 9.17) is 34.8 Å². The van der Waals surface area contributed by atoms with Gasteiger partial charge in [-0.2, -0.15) is 0 Å². The van der Waals surface area contributed by atoms with E-state index >= 15 is 0 Å². The molecule has 0 saturated heterocycles. The summed E-state index contributed by atoms with van der Waals surface area (Å²) < 4.78 is 29.1. The molecule has 226 valence electrons. The van der Waals surface area contributed by atoms with Gasteiger partial charge in [-0.15, -0.1) is 0 Å². The average molecular weight is 653 g/mol. The molecular formula is C31H36Cl3N3O4S. The lowest BCUT2D eigenvalue weighted by Gasteiger charge is -2.33. The Bertz CT molecular complexity index is 1510. The van der Waals surface area contributed by atoms with E-state index < -0.39 is 28.5 Å². The van der Waals surface area contributed by atoms with E-state index in [1.165, 1.54) is 29.2 Å². The van der Waals surface area contributed by atoms with Gasteiger partial charge < -0.3 is 10.2 Å². The van der Waals surface area contributed by atoms with Crippen LogP contribution in [0.15, 0.2) is 65.6 Å². The van der Waals surface area contributed by atoms with E-state index in [0.717, 1.165) is 28.3 Å². The molecule has 11 heteroatoms. The van der Waals surface area contributed by atoms with Gasteiger partial charge in [-0.3, -0.25) is 13.9 Å². The molecule has 0 saturated carbocycles. The molecular weight excluding hydrogens is 617 g/mol. The molecule has 0 fully saturated rings. The first-order valence-electron chi connectivity index (χ1n) is 13.8. The lowest BCUT2D eigenvalue weighted by atomic mass is 10.1. The quantitative estimate of drug-likeness (QED) is 0.198. The summed E-state index contributed by atoms with van der Waals surface area (Å²) in [5.41, 5.74) is 2.82. The summed E-state index contributed by atoms with van der Waals surface area (Å²) in [6.07, 6.45) is 2.01. The first-order chi connectivity index (χ1) is 19.9. The van der Waals surface area contributed by atoms with E-state index in [2.05, 4.69) is 5.32 Å². The number of benzene rings is 3. The Kier molecular flexibility index (Phi) is 12.1. The largest absolute Gasteiger partial charge is 0.354 e. The third-order valence-corrected chi connectivity index (χ3v) is 9.79. The van der Waals surface area contributed by atoms with Gasteiger partial charge in [0, 0.05) is 18.1 Å². The van der Waals surface area contributed by atoms with E-state index in [9.17, 15) is 18.0 Å². The van der Waals surface area contributed by atoms with Gasteiger partial charge in [-0.05, 0) is 91.9 Å². The van der Waals surface area contributed by atoms with Gasteiger partial charge in [0.05, 0.1) is 20.6 Å². The van der Waals surface area contributed by atoms with Crippen LogP contribution in [0, 0.1) is 13.8 Å². The summed E-state index contributed by atoms with van der Waals surface area (Å²) in [4.78, 5) is 28.9. The Labute approximate surface area is 263 Å². The first-order valence-corrected chi connectivity index (χ1v) is 16.3. The minimum atomic E-state index is -4.20. The van der Waals surface area contributed by atoms with Crippen LogP contribution >= 0.6 is 34.8 Å². The molecule has 0 spiro atoms. The van der Waals surface area contributed by atoms with Crippen molar-refractivity contribution in [3.05, 3.63) is 92.4 Å². The lowest BCUT2D eigenvalue weighted by Crippen LogP contribution is -2.52. The second-order valence-electron chi connectivity index (χ2n) is 10.1. The number of nitrogens with one attached hydrogen (secondary N) is 1. The second kappa shape index (κ2) is 15.1. The number of amides is 2. The molecule has 3 rings (SSSR count). The normalized spacial score (nSPS) is 12.1. The zero-order chi connectivity index (χ0) is 31.0. The minimum Gasteiger partial charge on any atom is -0.354 e. The number of nitrogens with zero attached hydrogens (tertiary/aromatic N) is 2. The highest BCUT2D eigenvalue weighted by Gasteiger charge is 2.33. The number of anilines is 1. The van der Waals surface area contributed by atoms with Crippen molar-refractivity contribution in [2.75, 3.05) is 17.4 Å². The van der Waals surface area contributed by atoms with Crippen molar-refractivity contribution in [1.29, 1.82) is 0 Å². The van der Waals surface area contributed by atoms with Crippen molar-refractivity contribution in [3.8, 4) is 0 Å². The molecule has 0 heterocycles. The Morgan fingerprint density at radius 3 is 2.17 bits per heavy atom. The zero-order valence-electron chi connectivity index (χ0n) is 24.2. The maximum Gasteiger partial charge on any atom is 0.264 e. The fourth-order valence-electron chi connectivity index (χ4n) is 4.40. The number of carbonyl (C=O) groups is 2. The number of aryl methyl sites for hydroxylation is 2. The number of rotatable bonds is 13. The second-order valence-corrected chi connectivity index (χ2v) is 13.2. The molecule has 2 amide bonds. The number of hydrogen-bond donors (Lipinski definition) is 1. The van der Waals surface area contributed by atoms with Crippen LogP contribution in [0.3, 0.4) is 0 Å².